The maximum absolute atomic E-state index is 14.6. The molecular weight excluding hydrogens is 1190 g/mol. The van der Waals surface area contributed by atoms with E-state index in [4.69, 9.17) is 11.6 Å². The zero-order valence-electron chi connectivity index (χ0n) is 48.4. The minimum absolute atomic E-state index is 0.0269. The number of sulfone groups is 1. The third kappa shape index (κ3) is 14.4. The number of amides is 5. The molecule has 5 aliphatic rings. The van der Waals surface area contributed by atoms with Crippen molar-refractivity contribution >= 4 is 83.9 Å². The fourth-order valence-electron chi connectivity index (χ4n) is 12.3. The lowest BCUT2D eigenvalue weighted by Gasteiger charge is -2.45. The molecule has 0 aromatic heterocycles. The number of piperazine rings is 2. The Morgan fingerprint density at radius 3 is 2.17 bits per heavy atom. The highest BCUT2D eigenvalue weighted by Crippen LogP contribution is 2.43. The predicted molar refractivity (Wildman–Crippen MR) is 327 cm³/mol. The molecule has 458 valence electrons. The highest BCUT2D eigenvalue weighted by molar-refractivity contribution is 7.99. The highest BCUT2D eigenvalue weighted by Gasteiger charge is 2.49. The molecule has 10 rings (SSSR count). The first kappa shape index (κ1) is 62.6. The summed E-state index contributed by atoms with van der Waals surface area (Å²) >= 11 is 7.64. The van der Waals surface area contributed by atoms with E-state index >= 15 is 0 Å². The van der Waals surface area contributed by atoms with Crippen LogP contribution >= 0.6 is 23.4 Å². The summed E-state index contributed by atoms with van der Waals surface area (Å²) < 4.78 is 100. The van der Waals surface area contributed by atoms with E-state index in [9.17, 15) is 49.2 Å². The van der Waals surface area contributed by atoms with Crippen LogP contribution in [0.1, 0.15) is 97.2 Å². The van der Waals surface area contributed by atoms with Gasteiger partial charge in [0.15, 0.2) is 0 Å². The summed E-state index contributed by atoms with van der Waals surface area (Å²) in [4.78, 5) is 59.1. The van der Waals surface area contributed by atoms with Crippen molar-refractivity contribution in [2.24, 2.45) is 5.41 Å². The van der Waals surface area contributed by atoms with Gasteiger partial charge in [-0.05, 0) is 140 Å². The van der Waals surface area contributed by atoms with Crippen molar-refractivity contribution in [1.29, 1.82) is 0 Å². The van der Waals surface area contributed by atoms with Gasteiger partial charge in [-0.2, -0.15) is 13.2 Å². The molecule has 4 aliphatic heterocycles. The van der Waals surface area contributed by atoms with Gasteiger partial charge in [-0.3, -0.25) is 29.5 Å². The SMILES string of the molecule is CC1CN(CC[C@H](CSc2ccccc2)Nc2ccc(S(=O)(=O)NC(=O)c3ccc(N4CCN(CC5=C(c6ccc(Cl)cc6)CCC(C)(C)C5)CC4)cc3)cc2S(=O)(=O)C(F)(F)F)CC(C)N1Cc1ccc2c(c1)CN(N1CCC(=O)NC1=O)C2=O. The summed E-state index contributed by atoms with van der Waals surface area (Å²) in [6, 6.07) is 30.6. The molecule has 5 amide bonds. The second kappa shape index (κ2) is 25.7. The number of thioether (sulfide) groups is 1. The fourth-order valence-corrected chi connectivity index (χ4v) is 15.4. The normalized spacial score (nSPS) is 20.5. The number of imide groups is 1. The largest absolute Gasteiger partial charge is 0.501 e. The van der Waals surface area contributed by atoms with Crippen molar-refractivity contribution in [2.75, 3.05) is 74.9 Å². The molecule has 24 heteroatoms. The number of nitrogens with zero attached hydrogens (tertiary/aromatic N) is 6. The molecule has 0 saturated carbocycles. The van der Waals surface area contributed by atoms with Gasteiger partial charge < -0.3 is 15.1 Å². The number of hydrogen-bond donors (Lipinski definition) is 3. The van der Waals surface area contributed by atoms with Gasteiger partial charge in [0.2, 0.25) is 5.91 Å². The molecule has 4 heterocycles. The number of rotatable bonds is 19. The van der Waals surface area contributed by atoms with Crippen LogP contribution in [0.5, 0.6) is 0 Å². The Morgan fingerprint density at radius 1 is 0.802 bits per heavy atom. The van der Waals surface area contributed by atoms with E-state index in [1.165, 1.54) is 50.6 Å². The fraction of sp³-hybridized carbons (Fsp3) is 0.419. The van der Waals surface area contributed by atoms with Gasteiger partial charge in [0, 0.05) is 116 Å². The van der Waals surface area contributed by atoms with Gasteiger partial charge in [0.05, 0.1) is 23.7 Å². The minimum Gasteiger partial charge on any atom is -0.380 e. The first-order valence-electron chi connectivity index (χ1n) is 28.8. The van der Waals surface area contributed by atoms with Crippen LogP contribution in [-0.4, -0.2) is 154 Å². The van der Waals surface area contributed by atoms with E-state index in [-0.39, 0.29) is 48.5 Å². The first-order chi connectivity index (χ1) is 40.8. The molecule has 1 aliphatic carbocycles. The Balaban J connectivity index is 0.782. The van der Waals surface area contributed by atoms with Crippen molar-refractivity contribution in [3.8, 4) is 0 Å². The Kier molecular flexibility index (Phi) is 18.7. The monoisotopic (exact) mass is 1260 g/mol. The average molecular weight is 1260 g/mol. The van der Waals surface area contributed by atoms with Crippen LogP contribution in [0.4, 0.5) is 29.3 Å². The number of hydrazine groups is 1. The zero-order chi connectivity index (χ0) is 61.3. The lowest BCUT2D eigenvalue weighted by molar-refractivity contribution is -0.123. The molecule has 3 atom stereocenters. The van der Waals surface area contributed by atoms with Crippen molar-refractivity contribution in [3.05, 3.63) is 154 Å². The molecule has 2 unspecified atom stereocenters. The lowest BCUT2D eigenvalue weighted by atomic mass is 9.73. The van der Waals surface area contributed by atoms with Gasteiger partial charge in [-0.1, -0.05) is 73.5 Å². The molecule has 3 saturated heterocycles. The summed E-state index contributed by atoms with van der Waals surface area (Å²) in [5.74, 6) is -1.46. The van der Waals surface area contributed by atoms with E-state index in [0.717, 1.165) is 72.7 Å². The van der Waals surface area contributed by atoms with E-state index in [1.807, 2.05) is 59.3 Å². The standard InChI is InChI=1S/C62H71ClF3N9O8S3/c1-41-35-71(36-42(2)73(41)37-43-10-20-54-46(32-43)39-75(59(54)78)74-27-24-57(76)68-60(74)79)26-23-49(40-84-51-8-6-5-7-9-51)67-55-21-19-52(33-56(55)85(80,81)62(64,65)66)86(82,83)69-58(77)45-13-17-50(18-14-45)72-30-28-70(29-31-72)38-47-34-61(3,4)25-22-53(47)44-11-15-48(63)16-12-44/h5-21,32-33,41-42,49,67H,22-31,34-40H2,1-4H3,(H,69,77)(H,68,76,79)/t41?,42?,49-/m1/s1. The van der Waals surface area contributed by atoms with Crippen LogP contribution in [0.2, 0.25) is 5.02 Å². The Labute approximate surface area is 510 Å². The zero-order valence-corrected chi connectivity index (χ0v) is 51.6. The average Bonchev–Trinajstić information content (AvgIpc) is 1.32. The molecule has 86 heavy (non-hydrogen) atoms. The Hall–Kier alpha value is -6.47. The maximum atomic E-state index is 14.6. The lowest BCUT2D eigenvalue weighted by Crippen LogP contribution is -2.56. The van der Waals surface area contributed by atoms with E-state index in [0.29, 0.717) is 68.1 Å². The number of alkyl halides is 3. The number of carbonyl (C=O) groups excluding carboxylic acids is 4. The number of benzene rings is 5. The van der Waals surface area contributed by atoms with Crippen LogP contribution in [0, 0.1) is 5.41 Å². The predicted octanol–water partition coefficient (Wildman–Crippen LogP) is 9.91. The van der Waals surface area contributed by atoms with Crippen LogP contribution in [0.25, 0.3) is 5.57 Å². The summed E-state index contributed by atoms with van der Waals surface area (Å²) in [6.45, 7) is 15.3. The molecule has 17 nitrogen and oxygen atoms in total. The van der Waals surface area contributed by atoms with Crippen LogP contribution in [-0.2, 0) is 37.7 Å². The van der Waals surface area contributed by atoms with E-state index < -0.39 is 64.7 Å². The molecule has 0 spiro atoms. The molecule has 5 aromatic rings. The van der Waals surface area contributed by atoms with Crippen molar-refractivity contribution in [1.82, 2.24) is 34.8 Å². The summed E-state index contributed by atoms with van der Waals surface area (Å²) in [7, 11) is -11.1. The van der Waals surface area contributed by atoms with Gasteiger partial charge >= 0.3 is 11.5 Å². The molecule has 0 bridgehead atoms. The molecule has 0 radical (unpaired) electrons. The Morgan fingerprint density at radius 2 is 1.50 bits per heavy atom. The number of urea groups is 1. The summed E-state index contributed by atoms with van der Waals surface area (Å²) in [6.07, 6.45) is 3.55. The van der Waals surface area contributed by atoms with Gasteiger partial charge in [-0.25, -0.2) is 36.4 Å². The number of halogens is 4. The number of fused-ring (bicyclic) bond motifs is 1. The number of nitrogens with one attached hydrogen (secondary N) is 3. The van der Waals surface area contributed by atoms with Crippen LogP contribution < -0.4 is 20.3 Å². The number of carbonyl (C=O) groups is 4. The molecular formula is C62H71ClF3N9O8S3. The summed E-state index contributed by atoms with van der Waals surface area (Å²) in [5.41, 5.74) is 1.00. The summed E-state index contributed by atoms with van der Waals surface area (Å²) in [5, 5.41) is 8.65. The van der Waals surface area contributed by atoms with Crippen LogP contribution in [0.3, 0.4) is 0 Å². The maximum Gasteiger partial charge on any atom is 0.501 e. The van der Waals surface area contributed by atoms with Crippen molar-refractivity contribution in [3.63, 3.8) is 0 Å². The van der Waals surface area contributed by atoms with Crippen LogP contribution in [0.15, 0.2) is 136 Å². The van der Waals surface area contributed by atoms with Gasteiger partial charge in [0.1, 0.15) is 4.90 Å². The quantitative estimate of drug-likeness (QED) is 0.0662. The second-order valence-electron chi connectivity index (χ2n) is 23.7. The van der Waals surface area contributed by atoms with E-state index in [2.05, 4.69) is 70.1 Å². The smallest absolute Gasteiger partial charge is 0.380 e. The third-order valence-corrected chi connectivity index (χ3v) is 21.2. The first-order valence-corrected chi connectivity index (χ1v) is 33.2. The number of hydrogen-bond acceptors (Lipinski definition) is 14. The highest BCUT2D eigenvalue weighted by atomic mass is 35.5. The minimum atomic E-state index is -6.15. The molecule has 3 N–H and O–H groups in total. The molecule has 5 aromatic carbocycles. The third-order valence-electron chi connectivity index (χ3n) is 16.9. The number of sulfonamides is 1. The van der Waals surface area contributed by atoms with Gasteiger partial charge in [0.25, 0.3) is 31.7 Å². The number of anilines is 2. The van der Waals surface area contributed by atoms with Crippen molar-refractivity contribution < 1.29 is 49.2 Å². The number of allylic oxidation sites excluding steroid dienone is 1. The van der Waals surface area contributed by atoms with Crippen molar-refractivity contribution in [2.45, 2.75) is 111 Å². The van der Waals surface area contributed by atoms with E-state index in [1.54, 1.807) is 18.2 Å². The molecule has 3 fully saturated rings. The van der Waals surface area contributed by atoms with Gasteiger partial charge in [-0.15, -0.1) is 11.8 Å². The second-order valence-corrected chi connectivity index (χ2v) is 28.9. The Bertz CT molecular complexity index is 3620. The topological polar surface area (TPSA) is 192 Å².